The molecule has 0 radical (unpaired) electrons. The van der Waals surface area contributed by atoms with Gasteiger partial charge in [-0.1, -0.05) is 29.8 Å². The highest BCUT2D eigenvalue weighted by molar-refractivity contribution is 7.89. The molecule has 1 heterocycles. The smallest absolute Gasteiger partial charge is 0.307 e. The molecule has 31 heavy (non-hydrogen) atoms. The van der Waals surface area contributed by atoms with Crippen molar-refractivity contribution in [3.63, 3.8) is 0 Å². The highest BCUT2D eigenvalue weighted by Crippen LogP contribution is 2.19. The van der Waals surface area contributed by atoms with Gasteiger partial charge in [-0.2, -0.15) is 0 Å². The number of nitrogens with zero attached hydrogens (tertiary/aromatic N) is 1. The van der Waals surface area contributed by atoms with Crippen molar-refractivity contribution in [2.45, 2.75) is 18.4 Å². The molecule has 0 spiro atoms. The van der Waals surface area contributed by atoms with Gasteiger partial charge in [0.25, 0.3) is 5.91 Å². The lowest BCUT2D eigenvalue weighted by Gasteiger charge is -2.06. The van der Waals surface area contributed by atoms with Crippen molar-refractivity contribution < 1.29 is 26.8 Å². The SMILES string of the molecule is Cc1nc(CNS(=O)(=O)c2ccc(F)c(Cl)c2)oc1C(=O)NNC(=O)c1ccccc1. The quantitative estimate of drug-likeness (QED) is 0.478. The maximum atomic E-state index is 13.2. The average Bonchev–Trinajstić information content (AvgIpc) is 3.13. The van der Waals surface area contributed by atoms with E-state index >= 15 is 0 Å². The van der Waals surface area contributed by atoms with Crippen LogP contribution in [0.3, 0.4) is 0 Å². The number of aryl methyl sites for hydroxylation is 1. The number of rotatable bonds is 6. The normalized spacial score (nSPS) is 11.2. The summed E-state index contributed by atoms with van der Waals surface area (Å²) in [6.07, 6.45) is 0. The highest BCUT2D eigenvalue weighted by atomic mass is 35.5. The zero-order valence-electron chi connectivity index (χ0n) is 16.0. The Labute approximate surface area is 181 Å². The number of amides is 2. The molecule has 0 unspecified atom stereocenters. The van der Waals surface area contributed by atoms with Gasteiger partial charge in [0.05, 0.1) is 22.2 Å². The molecule has 12 heteroatoms. The van der Waals surface area contributed by atoms with Gasteiger partial charge in [0.2, 0.25) is 21.7 Å². The Kier molecular flexibility index (Phi) is 6.68. The standard InChI is InChI=1S/C19H16ClFN4O5S/c1-11-17(19(27)25-24-18(26)12-5-3-2-4-6-12)30-16(23-11)10-22-31(28,29)13-7-8-15(21)14(20)9-13/h2-9,22H,10H2,1H3,(H,24,26)(H,25,27). The van der Waals surface area contributed by atoms with Crippen molar-refractivity contribution in [3.8, 4) is 0 Å². The molecule has 0 fully saturated rings. The lowest BCUT2D eigenvalue weighted by molar-refractivity contribution is 0.0829. The van der Waals surface area contributed by atoms with E-state index in [1.807, 2.05) is 0 Å². The first-order valence-electron chi connectivity index (χ1n) is 8.74. The number of nitrogens with one attached hydrogen (secondary N) is 3. The van der Waals surface area contributed by atoms with E-state index in [4.69, 9.17) is 16.0 Å². The van der Waals surface area contributed by atoms with Crippen molar-refractivity contribution in [2.24, 2.45) is 0 Å². The number of carbonyl (C=O) groups is 2. The van der Waals surface area contributed by atoms with Gasteiger partial charge in [0.1, 0.15) is 5.82 Å². The summed E-state index contributed by atoms with van der Waals surface area (Å²) < 4.78 is 45.4. The fraction of sp³-hybridized carbons (Fsp3) is 0.105. The van der Waals surface area contributed by atoms with E-state index in [0.29, 0.717) is 5.56 Å². The number of aromatic nitrogens is 1. The van der Waals surface area contributed by atoms with Crippen LogP contribution in [0.4, 0.5) is 4.39 Å². The molecule has 3 aromatic rings. The van der Waals surface area contributed by atoms with Crippen LogP contribution in [-0.4, -0.2) is 25.2 Å². The molecule has 0 saturated heterocycles. The predicted octanol–water partition coefficient (Wildman–Crippen LogP) is 2.33. The van der Waals surface area contributed by atoms with Crippen molar-refractivity contribution in [1.82, 2.24) is 20.6 Å². The van der Waals surface area contributed by atoms with Gasteiger partial charge >= 0.3 is 5.91 Å². The molecule has 1 aromatic heterocycles. The fourth-order valence-electron chi connectivity index (χ4n) is 2.45. The zero-order chi connectivity index (χ0) is 22.6. The molecular formula is C19H16ClFN4O5S. The van der Waals surface area contributed by atoms with Gasteiger partial charge in [-0.05, 0) is 37.3 Å². The first kappa shape index (κ1) is 22.4. The first-order chi connectivity index (χ1) is 14.7. The summed E-state index contributed by atoms with van der Waals surface area (Å²) in [5.74, 6) is -2.34. The van der Waals surface area contributed by atoms with Gasteiger partial charge < -0.3 is 4.42 Å². The monoisotopic (exact) mass is 466 g/mol. The van der Waals surface area contributed by atoms with E-state index in [-0.39, 0.29) is 33.8 Å². The molecule has 0 aliphatic rings. The third-order valence-corrected chi connectivity index (χ3v) is 5.68. The molecule has 162 valence electrons. The Morgan fingerprint density at radius 1 is 1.10 bits per heavy atom. The molecule has 0 aliphatic carbocycles. The minimum atomic E-state index is -4.03. The summed E-state index contributed by atoms with van der Waals surface area (Å²) in [5, 5.41) is -0.341. The van der Waals surface area contributed by atoms with Gasteiger partial charge in [-0.15, -0.1) is 0 Å². The Hall–Kier alpha value is -3.28. The molecule has 3 rings (SSSR count). The van der Waals surface area contributed by atoms with Crippen LogP contribution in [0.25, 0.3) is 0 Å². The molecule has 3 N–H and O–H groups in total. The molecular weight excluding hydrogens is 451 g/mol. The summed E-state index contributed by atoms with van der Waals surface area (Å²) in [5.41, 5.74) is 4.97. The van der Waals surface area contributed by atoms with Crippen molar-refractivity contribution >= 4 is 33.4 Å². The highest BCUT2D eigenvalue weighted by Gasteiger charge is 2.21. The topological polar surface area (TPSA) is 130 Å². The van der Waals surface area contributed by atoms with E-state index in [0.717, 1.165) is 18.2 Å². The van der Waals surface area contributed by atoms with E-state index < -0.39 is 27.7 Å². The van der Waals surface area contributed by atoms with Gasteiger partial charge in [0, 0.05) is 5.56 Å². The number of hydrazine groups is 1. The van der Waals surface area contributed by atoms with Crippen molar-refractivity contribution in [2.75, 3.05) is 0 Å². The number of carbonyl (C=O) groups excluding carboxylic acids is 2. The number of oxazole rings is 1. The second kappa shape index (κ2) is 9.25. The maximum Gasteiger partial charge on any atom is 0.307 e. The Balaban J connectivity index is 1.63. The number of hydrogen-bond acceptors (Lipinski definition) is 6. The largest absolute Gasteiger partial charge is 0.434 e. The maximum absolute atomic E-state index is 13.2. The van der Waals surface area contributed by atoms with Crippen molar-refractivity contribution in [3.05, 3.63) is 82.3 Å². The molecule has 9 nitrogen and oxygen atoms in total. The van der Waals surface area contributed by atoms with Crippen LogP contribution in [0.15, 0.2) is 57.8 Å². The van der Waals surface area contributed by atoms with E-state index in [9.17, 15) is 22.4 Å². The van der Waals surface area contributed by atoms with Crippen LogP contribution < -0.4 is 15.6 Å². The van der Waals surface area contributed by atoms with Gasteiger partial charge in [-0.25, -0.2) is 22.5 Å². The second-order valence-corrected chi connectivity index (χ2v) is 8.37. The lowest BCUT2D eigenvalue weighted by Crippen LogP contribution is -2.41. The Morgan fingerprint density at radius 2 is 1.77 bits per heavy atom. The van der Waals surface area contributed by atoms with Crippen LogP contribution in [0.2, 0.25) is 5.02 Å². The van der Waals surface area contributed by atoms with Crippen molar-refractivity contribution in [1.29, 1.82) is 0 Å². The van der Waals surface area contributed by atoms with Gasteiger partial charge in [-0.3, -0.25) is 20.4 Å². The molecule has 0 atom stereocenters. The fourth-order valence-corrected chi connectivity index (χ4v) is 3.70. The van der Waals surface area contributed by atoms with E-state index in [2.05, 4.69) is 20.6 Å². The minimum Gasteiger partial charge on any atom is -0.434 e. The molecule has 0 aliphatic heterocycles. The molecule has 2 amide bonds. The predicted molar refractivity (Wildman–Crippen MR) is 108 cm³/mol. The summed E-state index contributed by atoms with van der Waals surface area (Å²) in [6.45, 7) is 1.11. The van der Waals surface area contributed by atoms with Gasteiger partial charge in [0.15, 0.2) is 0 Å². The van der Waals surface area contributed by atoms with E-state index in [1.54, 1.807) is 30.3 Å². The molecule has 2 aromatic carbocycles. The average molecular weight is 467 g/mol. The zero-order valence-corrected chi connectivity index (χ0v) is 17.6. The lowest BCUT2D eigenvalue weighted by atomic mass is 10.2. The third kappa shape index (κ3) is 5.45. The number of sulfonamides is 1. The number of hydrogen-bond donors (Lipinski definition) is 3. The first-order valence-corrected chi connectivity index (χ1v) is 10.6. The summed E-state index contributed by atoms with van der Waals surface area (Å²) in [4.78, 5) is 28.0. The minimum absolute atomic E-state index is 0.0891. The third-order valence-electron chi connectivity index (χ3n) is 3.99. The second-order valence-electron chi connectivity index (χ2n) is 6.20. The Morgan fingerprint density at radius 3 is 2.45 bits per heavy atom. The van der Waals surface area contributed by atoms with Crippen LogP contribution >= 0.6 is 11.6 Å². The summed E-state index contributed by atoms with van der Waals surface area (Å²) >= 11 is 5.61. The van der Waals surface area contributed by atoms with Crippen LogP contribution in [-0.2, 0) is 16.6 Å². The van der Waals surface area contributed by atoms with Crippen LogP contribution in [0.1, 0.15) is 32.5 Å². The number of benzene rings is 2. The van der Waals surface area contributed by atoms with Crippen LogP contribution in [0.5, 0.6) is 0 Å². The Bertz CT molecular complexity index is 1230. The summed E-state index contributed by atoms with van der Waals surface area (Å²) in [6, 6.07) is 11.2. The summed E-state index contributed by atoms with van der Waals surface area (Å²) in [7, 11) is -4.03. The number of halogens is 2. The van der Waals surface area contributed by atoms with E-state index in [1.165, 1.54) is 6.92 Å². The molecule has 0 saturated carbocycles. The molecule has 0 bridgehead atoms. The van der Waals surface area contributed by atoms with Crippen LogP contribution in [0, 0.1) is 12.7 Å².